The highest BCUT2D eigenvalue weighted by Gasteiger charge is 2.53. The van der Waals surface area contributed by atoms with Crippen molar-refractivity contribution in [1.82, 2.24) is 14.9 Å². The van der Waals surface area contributed by atoms with Gasteiger partial charge in [-0.2, -0.15) is 0 Å². The highest BCUT2D eigenvalue weighted by Crippen LogP contribution is 2.61. The molecule has 4 aliphatic carbocycles. The number of amides is 1. The molecule has 0 saturated heterocycles. The third-order valence-corrected chi connectivity index (χ3v) is 8.89. The van der Waals surface area contributed by atoms with Gasteiger partial charge in [-0.15, -0.1) is 0 Å². The Labute approximate surface area is 200 Å². The Morgan fingerprint density at radius 2 is 1.82 bits per heavy atom. The molecule has 2 heterocycles. The number of ether oxygens (including phenoxy) is 1. The van der Waals surface area contributed by atoms with Crippen molar-refractivity contribution in [3.63, 3.8) is 0 Å². The molecule has 4 fully saturated rings. The van der Waals surface area contributed by atoms with E-state index in [1.807, 2.05) is 17.0 Å². The molecule has 2 N–H and O–H groups in total. The van der Waals surface area contributed by atoms with Crippen LogP contribution in [0.2, 0.25) is 0 Å². The summed E-state index contributed by atoms with van der Waals surface area (Å²) in [5, 5.41) is 14.8. The summed E-state index contributed by atoms with van der Waals surface area (Å²) in [7, 11) is 1.62. The second-order valence-electron chi connectivity index (χ2n) is 11.0. The fraction of sp³-hybridized carbons (Fsp3) is 0.593. The first-order valence-electron chi connectivity index (χ1n) is 12.7. The molecule has 1 aromatic heterocycles. The third-order valence-electron chi connectivity index (χ3n) is 8.89. The first-order chi connectivity index (χ1) is 16.5. The van der Waals surface area contributed by atoms with Crippen LogP contribution in [0.15, 0.2) is 30.6 Å². The standard InChI is InChI=1S/C27H34N4O3/c1-34-21-4-2-20(3-5-21)26(33)31-7-6-22-23(15-31)29-16-30-25(22)28-14-24(32)27-11-17-8-18(12-27)10-19(9-17)13-27/h2-5,16-19,24,32H,6-15H2,1H3,(H,28,29,30). The van der Waals surface area contributed by atoms with E-state index >= 15 is 0 Å². The van der Waals surface area contributed by atoms with Crippen LogP contribution in [0.25, 0.3) is 0 Å². The van der Waals surface area contributed by atoms with Crippen molar-refractivity contribution in [2.75, 3.05) is 25.5 Å². The molecular weight excluding hydrogens is 428 g/mol. The van der Waals surface area contributed by atoms with Gasteiger partial charge in [0.2, 0.25) is 0 Å². The average molecular weight is 463 g/mol. The number of fused-ring (bicyclic) bond motifs is 1. The van der Waals surface area contributed by atoms with Crippen LogP contribution in [0, 0.1) is 23.2 Å². The van der Waals surface area contributed by atoms with Crippen LogP contribution in [0.4, 0.5) is 5.82 Å². The highest BCUT2D eigenvalue weighted by molar-refractivity contribution is 5.94. The third kappa shape index (κ3) is 3.84. The predicted octanol–water partition coefficient (Wildman–Crippen LogP) is 3.67. The van der Waals surface area contributed by atoms with E-state index in [1.165, 1.54) is 38.5 Å². The molecule has 7 rings (SSSR count). The van der Waals surface area contributed by atoms with Crippen molar-refractivity contribution in [2.24, 2.45) is 23.2 Å². The van der Waals surface area contributed by atoms with Gasteiger partial charge in [-0.25, -0.2) is 9.97 Å². The van der Waals surface area contributed by atoms with Gasteiger partial charge in [0.25, 0.3) is 5.91 Å². The maximum Gasteiger partial charge on any atom is 0.254 e. The molecule has 0 spiro atoms. The minimum absolute atomic E-state index is 0.00124. The van der Waals surface area contributed by atoms with Crippen molar-refractivity contribution in [1.29, 1.82) is 0 Å². The lowest BCUT2D eigenvalue weighted by Crippen LogP contribution is -2.53. The van der Waals surface area contributed by atoms with Crippen LogP contribution >= 0.6 is 0 Å². The van der Waals surface area contributed by atoms with E-state index in [2.05, 4.69) is 15.3 Å². The molecule has 1 aliphatic heterocycles. The van der Waals surface area contributed by atoms with Crippen LogP contribution in [0.5, 0.6) is 5.75 Å². The number of aliphatic hydroxyl groups is 1. The number of nitrogens with one attached hydrogen (secondary N) is 1. The van der Waals surface area contributed by atoms with Crippen LogP contribution in [-0.2, 0) is 13.0 Å². The second-order valence-corrected chi connectivity index (χ2v) is 11.0. The predicted molar refractivity (Wildman–Crippen MR) is 129 cm³/mol. The van der Waals surface area contributed by atoms with Gasteiger partial charge in [0.1, 0.15) is 17.9 Å². The summed E-state index contributed by atoms with van der Waals surface area (Å²) in [6, 6.07) is 7.22. The van der Waals surface area contributed by atoms with Gasteiger partial charge in [-0.05, 0) is 92.4 Å². The Bertz CT molecular complexity index is 1030. The number of aliphatic hydroxyl groups excluding tert-OH is 1. The molecule has 180 valence electrons. The normalized spacial score (nSPS) is 30.1. The van der Waals surface area contributed by atoms with Gasteiger partial charge < -0.3 is 20.1 Å². The van der Waals surface area contributed by atoms with Crippen molar-refractivity contribution in [3.8, 4) is 5.75 Å². The fourth-order valence-electron chi connectivity index (χ4n) is 7.59. The largest absolute Gasteiger partial charge is 0.497 e. The Balaban J connectivity index is 1.12. The molecule has 34 heavy (non-hydrogen) atoms. The summed E-state index contributed by atoms with van der Waals surface area (Å²) >= 11 is 0. The Hall–Kier alpha value is -2.67. The van der Waals surface area contributed by atoms with Gasteiger partial charge in [-0.3, -0.25) is 4.79 Å². The Morgan fingerprint density at radius 1 is 1.15 bits per heavy atom. The number of aromatic nitrogens is 2. The second kappa shape index (κ2) is 8.52. The van der Waals surface area contributed by atoms with Gasteiger partial charge in [0.05, 0.1) is 25.5 Å². The number of hydrogen-bond acceptors (Lipinski definition) is 6. The highest BCUT2D eigenvalue weighted by atomic mass is 16.5. The van der Waals surface area contributed by atoms with E-state index in [4.69, 9.17) is 4.74 Å². The topological polar surface area (TPSA) is 87.6 Å². The minimum atomic E-state index is -0.344. The number of carbonyl (C=O) groups is 1. The van der Waals surface area contributed by atoms with Gasteiger partial charge in [-0.1, -0.05) is 0 Å². The lowest BCUT2D eigenvalue weighted by atomic mass is 9.48. The number of rotatable bonds is 6. The fourth-order valence-corrected chi connectivity index (χ4v) is 7.59. The maximum atomic E-state index is 13.0. The van der Waals surface area contributed by atoms with E-state index in [0.717, 1.165) is 40.6 Å². The van der Waals surface area contributed by atoms with Crippen LogP contribution in [-0.4, -0.2) is 52.2 Å². The molecule has 1 aromatic carbocycles. The number of anilines is 1. The minimum Gasteiger partial charge on any atom is -0.497 e. The maximum absolute atomic E-state index is 13.0. The van der Waals surface area contributed by atoms with Crippen molar-refractivity contribution < 1.29 is 14.6 Å². The average Bonchev–Trinajstić information content (AvgIpc) is 2.85. The summed E-state index contributed by atoms with van der Waals surface area (Å²) in [5.41, 5.74) is 2.69. The lowest BCUT2D eigenvalue weighted by Gasteiger charge is -2.58. The van der Waals surface area contributed by atoms with Crippen LogP contribution in [0.1, 0.15) is 60.1 Å². The molecular formula is C27H34N4O3. The van der Waals surface area contributed by atoms with E-state index in [9.17, 15) is 9.90 Å². The quantitative estimate of drug-likeness (QED) is 0.681. The number of benzene rings is 1. The number of nitrogens with zero attached hydrogens (tertiary/aromatic N) is 3. The van der Waals surface area contributed by atoms with E-state index < -0.39 is 0 Å². The zero-order valence-corrected chi connectivity index (χ0v) is 19.9. The van der Waals surface area contributed by atoms with Crippen molar-refractivity contribution in [3.05, 3.63) is 47.4 Å². The molecule has 5 aliphatic rings. The smallest absolute Gasteiger partial charge is 0.254 e. The molecule has 2 aromatic rings. The van der Waals surface area contributed by atoms with Gasteiger partial charge >= 0.3 is 0 Å². The molecule has 4 bridgehead atoms. The summed E-state index contributed by atoms with van der Waals surface area (Å²) in [5.74, 6) is 4.01. The molecule has 4 saturated carbocycles. The molecule has 1 unspecified atom stereocenters. The summed E-state index contributed by atoms with van der Waals surface area (Å²) < 4.78 is 5.19. The SMILES string of the molecule is COc1ccc(C(=O)N2CCc3c(ncnc3NCC(O)C34CC5CC(CC(C5)C3)C4)C2)cc1. The lowest BCUT2D eigenvalue weighted by molar-refractivity contribution is -0.115. The Morgan fingerprint density at radius 3 is 2.47 bits per heavy atom. The first-order valence-corrected chi connectivity index (χ1v) is 12.7. The molecule has 7 nitrogen and oxygen atoms in total. The summed E-state index contributed by atoms with van der Waals surface area (Å²) in [6.07, 6.45) is 9.63. The first kappa shape index (κ1) is 21.8. The van der Waals surface area contributed by atoms with Crippen LogP contribution in [0.3, 0.4) is 0 Å². The van der Waals surface area contributed by atoms with Gasteiger partial charge in [0, 0.05) is 24.2 Å². The van der Waals surface area contributed by atoms with E-state index in [0.29, 0.717) is 31.6 Å². The van der Waals surface area contributed by atoms with Crippen molar-refractivity contribution in [2.45, 2.75) is 57.6 Å². The zero-order valence-electron chi connectivity index (χ0n) is 19.9. The van der Waals surface area contributed by atoms with E-state index in [-0.39, 0.29) is 17.4 Å². The number of methoxy groups -OCH3 is 1. The number of hydrogen-bond donors (Lipinski definition) is 2. The summed E-state index contributed by atoms with van der Waals surface area (Å²) in [4.78, 5) is 23.8. The molecule has 7 heteroatoms. The van der Waals surface area contributed by atoms with Gasteiger partial charge in [0.15, 0.2) is 0 Å². The molecule has 1 amide bonds. The number of carbonyl (C=O) groups excluding carboxylic acids is 1. The monoisotopic (exact) mass is 462 g/mol. The summed E-state index contributed by atoms with van der Waals surface area (Å²) in [6.45, 7) is 1.62. The Kier molecular flexibility index (Phi) is 5.47. The van der Waals surface area contributed by atoms with Crippen molar-refractivity contribution >= 4 is 11.7 Å². The van der Waals surface area contributed by atoms with Crippen LogP contribution < -0.4 is 10.1 Å². The molecule has 1 atom stereocenters. The zero-order chi connectivity index (χ0) is 23.3. The molecule has 0 radical (unpaired) electrons. The van der Waals surface area contributed by atoms with E-state index in [1.54, 1.807) is 25.6 Å².